The van der Waals surface area contributed by atoms with Crippen LogP contribution in [0.3, 0.4) is 0 Å². The molecule has 0 spiro atoms. The Morgan fingerprint density at radius 3 is 2.50 bits per heavy atom. The Morgan fingerprint density at radius 1 is 1.08 bits per heavy atom. The van der Waals surface area contributed by atoms with Gasteiger partial charge in [0.1, 0.15) is 5.75 Å². The predicted octanol–water partition coefficient (Wildman–Crippen LogP) is 2.39. The summed E-state index contributed by atoms with van der Waals surface area (Å²) in [6, 6.07) is 16.0. The van der Waals surface area contributed by atoms with Crippen molar-refractivity contribution in [1.29, 1.82) is 0 Å². The lowest BCUT2D eigenvalue weighted by molar-refractivity contribution is -0.120. The highest BCUT2D eigenvalue weighted by Gasteiger charge is 2.11. The number of ether oxygens (including phenoxy) is 2. The first kappa shape index (κ1) is 18.4. The summed E-state index contributed by atoms with van der Waals surface area (Å²) < 4.78 is 10.7. The molecule has 1 aliphatic heterocycles. The quantitative estimate of drug-likeness (QED) is 0.829. The van der Waals surface area contributed by atoms with Crippen LogP contribution in [0.1, 0.15) is 16.7 Å². The standard InChI is InChI=1S/C21H26N2O3/c1-25-20-5-3-2-4-19(20)14-21(24)22-15-17-6-8-18(9-7-17)16-23-10-12-26-13-11-23/h2-9H,10-16H2,1H3,(H,22,24). The van der Waals surface area contributed by atoms with Crippen molar-refractivity contribution in [2.75, 3.05) is 33.4 Å². The minimum atomic E-state index is -0.00751. The molecule has 1 fully saturated rings. The minimum Gasteiger partial charge on any atom is -0.496 e. The molecule has 0 atom stereocenters. The third-order valence-corrected chi connectivity index (χ3v) is 4.57. The van der Waals surface area contributed by atoms with E-state index in [2.05, 4.69) is 34.5 Å². The zero-order valence-corrected chi connectivity index (χ0v) is 15.2. The van der Waals surface area contributed by atoms with E-state index < -0.39 is 0 Å². The average Bonchev–Trinajstić information content (AvgIpc) is 2.69. The summed E-state index contributed by atoms with van der Waals surface area (Å²) in [5.74, 6) is 0.738. The van der Waals surface area contributed by atoms with E-state index in [0.717, 1.165) is 49.7 Å². The molecular formula is C21H26N2O3. The van der Waals surface area contributed by atoms with Crippen molar-refractivity contribution < 1.29 is 14.3 Å². The number of amides is 1. The number of rotatable bonds is 7. The van der Waals surface area contributed by atoms with Gasteiger partial charge in [-0.1, -0.05) is 42.5 Å². The summed E-state index contributed by atoms with van der Waals surface area (Å²) in [6.45, 7) is 5.09. The maximum Gasteiger partial charge on any atom is 0.224 e. The molecule has 1 aliphatic rings. The van der Waals surface area contributed by atoms with Crippen LogP contribution < -0.4 is 10.1 Å². The average molecular weight is 354 g/mol. The Bertz CT molecular complexity index is 709. The molecule has 0 aromatic heterocycles. The van der Waals surface area contributed by atoms with Crippen LogP contribution in [0, 0.1) is 0 Å². The number of carbonyl (C=O) groups excluding carboxylic acids is 1. The number of benzene rings is 2. The highest BCUT2D eigenvalue weighted by Crippen LogP contribution is 2.17. The molecule has 1 amide bonds. The molecule has 5 heteroatoms. The van der Waals surface area contributed by atoms with Gasteiger partial charge in [-0.05, 0) is 17.2 Å². The van der Waals surface area contributed by atoms with Crippen LogP contribution in [0.2, 0.25) is 0 Å². The molecule has 2 aromatic carbocycles. The largest absolute Gasteiger partial charge is 0.496 e. The molecule has 1 saturated heterocycles. The van der Waals surface area contributed by atoms with Gasteiger partial charge < -0.3 is 14.8 Å². The number of para-hydroxylation sites is 1. The van der Waals surface area contributed by atoms with E-state index in [1.54, 1.807) is 7.11 Å². The fourth-order valence-corrected chi connectivity index (χ4v) is 3.07. The lowest BCUT2D eigenvalue weighted by atomic mass is 10.1. The van der Waals surface area contributed by atoms with E-state index >= 15 is 0 Å². The van der Waals surface area contributed by atoms with E-state index in [1.165, 1.54) is 5.56 Å². The zero-order chi connectivity index (χ0) is 18.2. The van der Waals surface area contributed by atoms with Crippen molar-refractivity contribution in [1.82, 2.24) is 10.2 Å². The van der Waals surface area contributed by atoms with E-state index in [-0.39, 0.29) is 5.91 Å². The summed E-state index contributed by atoms with van der Waals surface area (Å²) in [5.41, 5.74) is 3.29. The lowest BCUT2D eigenvalue weighted by Crippen LogP contribution is -2.35. The first-order chi connectivity index (χ1) is 12.7. The summed E-state index contributed by atoms with van der Waals surface area (Å²) in [7, 11) is 1.62. The number of hydrogen-bond acceptors (Lipinski definition) is 4. The normalized spacial score (nSPS) is 14.8. The smallest absolute Gasteiger partial charge is 0.224 e. The molecule has 0 radical (unpaired) electrons. The van der Waals surface area contributed by atoms with Crippen LogP contribution in [0.5, 0.6) is 5.75 Å². The molecular weight excluding hydrogens is 328 g/mol. The van der Waals surface area contributed by atoms with Crippen molar-refractivity contribution in [3.8, 4) is 5.75 Å². The van der Waals surface area contributed by atoms with E-state index in [1.807, 2.05) is 24.3 Å². The molecule has 138 valence electrons. The summed E-state index contributed by atoms with van der Waals surface area (Å²) >= 11 is 0. The maximum absolute atomic E-state index is 12.2. The Labute approximate surface area is 154 Å². The predicted molar refractivity (Wildman–Crippen MR) is 101 cm³/mol. The number of methoxy groups -OCH3 is 1. The molecule has 0 unspecified atom stereocenters. The molecule has 0 bridgehead atoms. The number of nitrogens with one attached hydrogen (secondary N) is 1. The van der Waals surface area contributed by atoms with Crippen molar-refractivity contribution in [3.63, 3.8) is 0 Å². The number of morpholine rings is 1. The molecule has 1 N–H and O–H groups in total. The van der Waals surface area contributed by atoms with Gasteiger partial charge in [-0.15, -0.1) is 0 Å². The highest BCUT2D eigenvalue weighted by molar-refractivity contribution is 5.79. The van der Waals surface area contributed by atoms with Crippen LogP contribution in [-0.2, 0) is 29.0 Å². The van der Waals surface area contributed by atoms with E-state index in [4.69, 9.17) is 9.47 Å². The topological polar surface area (TPSA) is 50.8 Å². The molecule has 26 heavy (non-hydrogen) atoms. The highest BCUT2D eigenvalue weighted by atomic mass is 16.5. The van der Waals surface area contributed by atoms with Gasteiger partial charge in [0.15, 0.2) is 0 Å². The summed E-state index contributed by atoms with van der Waals surface area (Å²) in [6.07, 6.45) is 0.319. The second-order valence-corrected chi connectivity index (χ2v) is 6.47. The van der Waals surface area contributed by atoms with Gasteiger partial charge in [0, 0.05) is 31.7 Å². The Kier molecular flexibility index (Phi) is 6.63. The number of carbonyl (C=O) groups is 1. The van der Waals surface area contributed by atoms with Crippen LogP contribution in [0.15, 0.2) is 48.5 Å². The Morgan fingerprint density at radius 2 is 1.77 bits per heavy atom. The van der Waals surface area contributed by atoms with Gasteiger partial charge in [-0.25, -0.2) is 0 Å². The second-order valence-electron chi connectivity index (χ2n) is 6.47. The fourth-order valence-electron chi connectivity index (χ4n) is 3.07. The monoisotopic (exact) mass is 354 g/mol. The van der Waals surface area contributed by atoms with Gasteiger partial charge in [0.25, 0.3) is 0 Å². The van der Waals surface area contributed by atoms with Gasteiger partial charge in [0.05, 0.1) is 26.7 Å². The van der Waals surface area contributed by atoms with Gasteiger partial charge in [0.2, 0.25) is 5.91 Å². The SMILES string of the molecule is COc1ccccc1CC(=O)NCc1ccc(CN2CCOCC2)cc1. The maximum atomic E-state index is 12.2. The van der Waals surface area contributed by atoms with Crippen LogP contribution >= 0.6 is 0 Å². The van der Waals surface area contributed by atoms with Gasteiger partial charge in [-0.3, -0.25) is 9.69 Å². The summed E-state index contributed by atoms with van der Waals surface area (Å²) in [5, 5.41) is 2.98. The first-order valence-electron chi connectivity index (χ1n) is 9.01. The zero-order valence-electron chi connectivity index (χ0n) is 15.2. The first-order valence-corrected chi connectivity index (χ1v) is 9.01. The molecule has 0 saturated carbocycles. The minimum absolute atomic E-state index is 0.00751. The van der Waals surface area contributed by atoms with Crippen LogP contribution in [0.25, 0.3) is 0 Å². The van der Waals surface area contributed by atoms with Crippen molar-refractivity contribution in [3.05, 3.63) is 65.2 Å². The lowest BCUT2D eigenvalue weighted by Gasteiger charge is -2.26. The van der Waals surface area contributed by atoms with Crippen molar-refractivity contribution in [2.45, 2.75) is 19.5 Å². The molecule has 3 rings (SSSR count). The van der Waals surface area contributed by atoms with Crippen LogP contribution in [0.4, 0.5) is 0 Å². The van der Waals surface area contributed by atoms with E-state index in [9.17, 15) is 4.79 Å². The fraction of sp³-hybridized carbons (Fsp3) is 0.381. The summed E-state index contributed by atoms with van der Waals surface area (Å²) in [4.78, 5) is 14.6. The van der Waals surface area contributed by atoms with Crippen molar-refractivity contribution in [2.24, 2.45) is 0 Å². The van der Waals surface area contributed by atoms with Crippen molar-refractivity contribution >= 4 is 5.91 Å². The Hall–Kier alpha value is -2.37. The van der Waals surface area contributed by atoms with E-state index in [0.29, 0.717) is 13.0 Å². The number of hydrogen-bond donors (Lipinski definition) is 1. The van der Waals surface area contributed by atoms with Crippen LogP contribution in [-0.4, -0.2) is 44.2 Å². The Balaban J connectivity index is 1.47. The molecule has 5 nitrogen and oxygen atoms in total. The third-order valence-electron chi connectivity index (χ3n) is 4.57. The molecule has 1 heterocycles. The number of nitrogens with zero attached hydrogens (tertiary/aromatic N) is 1. The molecule has 0 aliphatic carbocycles. The van der Waals surface area contributed by atoms with Gasteiger partial charge in [-0.2, -0.15) is 0 Å². The third kappa shape index (κ3) is 5.31. The second kappa shape index (κ2) is 9.36. The molecule has 2 aromatic rings. The van der Waals surface area contributed by atoms with Gasteiger partial charge >= 0.3 is 0 Å².